The number of pyridine rings is 1. The lowest BCUT2D eigenvalue weighted by molar-refractivity contribution is 0.228. The summed E-state index contributed by atoms with van der Waals surface area (Å²) < 4.78 is 21.7. The Hall–Kier alpha value is -3.93. The molecule has 8 nitrogen and oxygen atoms in total. The summed E-state index contributed by atoms with van der Waals surface area (Å²) in [5.41, 5.74) is 9.61. The van der Waals surface area contributed by atoms with Gasteiger partial charge in [0.05, 0.1) is 17.8 Å². The van der Waals surface area contributed by atoms with Gasteiger partial charge in [-0.25, -0.2) is 14.4 Å². The van der Waals surface area contributed by atoms with Crippen molar-refractivity contribution < 1.29 is 9.13 Å². The molecule has 0 unspecified atom stereocenters. The molecule has 2 bridgehead atoms. The minimum Gasteiger partial charge on any atom is -0.482 e. The van der Waals surface area contributed by atoms with Crippen LogP contribution in [0.25, 0.3) is 11.1 Å². The Morgan fingerprint density at radius 1 is 1.32 bits per heavy atom. The Balaban J connectivity index is 2.03. The van der Waals surface area contributed by atoms with Crippen molar-refractivity contribution >= 4 is 17.3 Å². The summed E-state index contributed by atoms with van der Waals surface area (Å²) >= 11 is 0. The van der Waals surface area contributed by atoms with Crippen LogP contribution in [0.15, 0.2) is 35.5 Å². The zero-order valence-corrected chi connectivity index (χ0v) is 17.7. The van der Waals surface area contributed by atoms with Crippen molar-refractivity contribution in [1.82, 2.24) is 19.7 Å². The van der Waals surface area contributed by atoms with Crippen LogP contribution >= 0.6 is 0 Å². The molecule has 3 heterocycles. The van der Waals surface area contributed by atoms with Crippen LogP contribution in [0, 0.1) is 17.1 Å². The van der Waals surface area contributed by atoms with Crippen molar-refractivity contribution in [1.29, 1.82) is 5.26 Å². The molecule has 0 saturated carbocycles. The van der Waals surface area contributed by atoms with Crippen LogP contribution in [0.4, 0.5) is 15.9 Å². The number of anilines is 1. The predicted octanol–water partition coefficient (Wildman–Crippen LogP) is 3.36. The van der Waals surface area contributed by atoms with Crippen LogP contribution in [0.3, 0.4) is 0 Å². The van der Waals surface area contributed by atoms with E-state index in [-0.39, 0.29) is 11.6 Å². The molecule has 1 atom stereocenters. The number of fused-ring (bicyclic) bond motifs is 5. The third kappa shape index (κ3) is 3.68. The molecular weight excluding hydrogens is 397 g/mol. The maximum Gasteiger partial charge on any atom is 0.166 e. The summed E-state index contributed by atoms with van der Waals surface area (Å²) in [6.45, 7) is 1.80. The van der Waals surface area contributed by atoms with Crippen LogP contribution in [0.1, 0.15) is 30.0 Å². The first-order valence-corrected chi connectivity index (χ1v) is 9.71. The predicted molar refractivity (Wildman–Crippen MR) is 115 cm³/mol. The number of amidine groups is 1. The highest BCUT2D eigenvalue weighted by molar-refractivity contribution is 5.89. The number of aromatic nitrogens is 3. The molecule has 0 radical (unpaired) electrons. The van der Waals surface area contributed by atoms with E-state index in [1.807, 2.05) is 19.0 Å². The van der Waals surface area contributed by atoms with E-state index in [2.05, 4.69) is 16.2 Å². The van der Waals surface area contributed by atoms with Gasteiger partial charge in [-0.2, -0.15) is 10.4 Å². The highest BCUT2D eigenvalue weighted by Crippen LogP contribution is 2.37. The number of hydrogen-bond donors (Lipinski definition) is 1. The normalized spacial score (nSPS) is 15.4. The van der Waals surface area contributed by atoms with Gasteiger partial charge in [-0.15, -0.1) is 0 Å². The summed E-state index contributed by atoms with van der Waals surface area (Å²) in [4.78, 5) is 10.9. The van der Waals surface area contributed by atoms with Crippen LogP contribution in [-0.2, 0) is 13.5 Å². The second-order valence-corrected chi connectivity index (χ2v) is 7.58. The number of nitriles is 1. The maximum absolute atomic E-state index is 14.1. The number of likely N-dealkylation sites (N-methyl/N-ethyl adjacent to an activating group) is 1. The summed E-state index contributed by atoms with van der Waals surface area (Å²) in [5.74, 6) is 0.866. The highest BCUT2D eigenvalue weighted by atomic mass is 19.1. The van der Waals surface area contributed by atoms with Crippen LogP contribution < -0.4 is 10.5 Å². The molecule has 4 rings (SSSR count). The number of aryl methyl sites for hydroxylation is 1. The van der Waals surface area contributed by atoms with Gasteiger partial charge in [-0.05, 0) is 31.2 Å². The maximum atomic E-state index is 14.1. The van der Waals surface area contributed by atoms with Crippen molar-refractivity contribution in [3.63, 3.8) is 0 Å². The molecule has 0 spiro atoms. The number of halogens is 1. The standard InChI is InChI=1S/C22H22FN7O/c1-12-15-8-14(23)5-6-16(15)27-20(29(2)3)9-17-21(18(10-24)30(4)28-17)13-7-19(31-12)22(25)26-11-13/h5-8,11-12H,9H2,1-4H3,(H2,25,26)/t12-/m1/s1. The monoisotopic (exact) mass is 419 g/mol. The van der Waals surface area contributed by atoms with Gasteiger partial charge in [-0.3, -0.25) is 4.68 Å². The van der Waals surface area contributed by atoms with Gasteiger partial charge < -0.3 is 15.4 Å². The van der Waals surface area contributed by atoms with E-state index >= 15 is 0 Å². The summed E-state index contributed by atoms with van der Waals surface area (Å²) in [5, 5.41) is 14.3. The third-order valence-corrected chi connectivity index (χ3v) is 5.22. The topological polar surface area (TPSA) is 105 Å². The molecule has 1 aliphatic rings. The molecule has 0 amide bonds. The molecule has 0 fully saturated rings. The molecule has 1 aromatic carbocycles. The molecule has 1 aliphatic heterocycles. The second-order valence-electron chi connectivity index (χ2n) is 7.58. The molecule has 2 N–H and O–H groups in total. The number of hydrogen-bond acceptors (Lipinski definition) is 7. The van der Waals surface area contributed by atoms with Gasteiger partial charge in [0.1, 0.15) is 29.5 Å². The first-order chi connectivity index (χ1) is 14.8. The van der Waals surface area contributed by atoms with E-state index in [0.29, 0.717) is 51.8 Å². The Kier molecular flexibility index (Phi) is 5.07. The van der Waals surface area contributed by atoms with Gasteiger partial charge >= 0.3 is 0 Å². The Morgan fingerprint density at radius 3 is 2.81 bits per heavy atom. The Labute approximate surface area is 179 Å². The fourth-order valence-electron chi connectivity index (χ4n) is 3.61. The largest absolute Gasteiger partial charge is 0.482 e. The number of nitrogens with two attached hydrogens (primary N) is 1. The van der Waals surface area contributed by atoms with Crippen LogP contribution in [0.2, 0.25) is 0 Å². The lowest BCUT2D eigenvalue weighted by Gasteiger charge is -2.21. The van der Waals surface area contributed by atoms with Gasteiger partial charge in [0.15, 0.2) is 11.6 Å². The lowest BCUT2D eigenvalue weighted by atomic mass is 10.0. The number of benzene rings is 1. The number of nitrogens with zero attached hydrogens (tertiary/aromatic N) is 6. The summed E-state index contributed by atoms with van der Waals surface area (Å²) in [6, 6.07) is 8.36. The highest BCUT2D eigenvalue weighted by Gasteiger charge is 2.24. The molecule has 2 aromatic heterocycles. The van der Waals surface area contributed by atoms with Crippen molar-refractivity contribution in [2.24, 2.45) is 12.0 Å². The zero-order valence-electron chi connectivity index (χ0n) is 17.7. The first kappa shape index (κ1) is 20.3. The van der Waals surface area contributed by atoms with E-state index < -0.39 is 6.10 Å². The Bertz CT molecular complexity index is 1240. The summed E-state index contributed by atoms with van der Waals surface area (Å²) in [7, 11) is 5.48. The van der Waals surface area contributed by atoms with Gasteiger partial charge in [-0.1, -0.05) is 0 Å². The zero-order chi connectivity index (χ0) is 22.3. The number of nitrogen functional groups attached to an aromatic ring is 1. The van der Waals surface area contributed by atoms with Crippen molar-refractivity contribution in [3.05, 3.63) is 53.2 Å². The minimum atomic E-state index is -0.541. The molecule has 158 valence electrons. The number of rotatable bonds is 0. The minimum absolute atomic E-state index is 0.201. The van der Waals surface area contributed by atoms with E-state index in [0.717, 1.165) is 0 Å². The van der Waals surface area contributed by atoms with E-state index in [9.17, 15) is 9.65 Å². The Morgan fingerprint density at radius 2 is 2.10 bits per heavy atom. The molecule has 3 aromatic rings. The second kappa shape index (κ2) is 7.72. The molecule has 31 heavy (non-hydrogen) atoms. The van der Waals surface area contributed by atoms with E-state index in [4.69, 9.17) is 15.5 Å². The molecule has 9 heteroatoms. The van der Waals surface area contributed by atoms with Crippen LogP contribution in [0.5, 0.6) is 5.75 Å². The summed E-state index contributed by atoms with van der Waals surface area (Å²) in [6.07, 6.45) is 1.42. The van der Waals surface area contributed by atoms with Crippen molar-refractivity contribution in [3.8, 4) is 22.9 Å². The fourth-order valence-corrected chi connectivity index (χ4v) is 3.61. The quantitative estimate of drug-likeness (QED) is 0.599. The van der Waals surface area contributed by atoms with E-state index in [1.54, 1.807) is 37.0 Å². The van der Waals surface area contributed by atoms with E-state index in [1.165, 1.54) is 12.1 Å². The molecular formula is C22H22FN7O. The average Bonchev–Trinajstić information content (AvgIpc) is 3.04. The van der Waals surface area contributed by atoms with Gasteiger partial charge in [0.25, 0.3) is 0 Å². The molecule has 0 saturated heterocycles. The fraction of sp³-hybridized carbons (Fsp3) is 0.273. The number of ether oxygens (including phenoxy) is 1. The molecule has 0 aliphatic carbocycles. The van der Waals surface area contributed by atoms with Crippen LogP contribution in [-0.4, -0.2) is 39.6 Å². The average molecular weight is 419 g/mol. The van der Waals surface area contributed by atoms with Crippen molar-refractivity contribution in [2.75, 3.05) is 19.8 Å². The first-order valence-electron chi connectivity index (χ1n) is 9.71. The smallest absolute Gasteiger partial charge is 0.166 e. The lowest BCUT2D eigenvalue weighted by Crippen LogP contribution is -2.24. The van der Waals surface area contributed by atoms with Crippen molar-refractivity contribution in [2.45, 2.75) is 19.4 Å². The SMILES string of the molecule is C[C@H]1Oc2cc(cnc2N)-c2c(nn(C)c2C#N)CC(N(C)C)=Nc2ccc(F)cc21. The van der Waals surface area contributed by atoms with Gasteiger partial charge in [0.2, 0.25) is 0 Å². The van der Waals surface area contributed by atoms with Gasteiger partial charge in [0, 0.05) is 44.0 Å². The third-order valence-electron chi connectivity index (χ3n) is 5.22. The number of aliphatic imine (C=N–C) groups is 1.